The Bertz CT molecular complexity index is 497. The lowest BCUT2D eigenvalue weighted by Gasteiger charge is -2.32. The third kappa shape index (κ3) is 4.68. The average Bonchev–Trinajstić information content (AvgIpc) is 2.86. The SMILES string of the molecule is CCNC(=O)Cc1csc(NC(=O)N2CCN(C)CC2)n1. The zero-order chi connectivity index (χ0) is 15.2. The van der Waals surface area contributed by atoms with Gasteiger partial charge in [-0.3, -0.25) is 10.1 Å². The van der Waals surface area contributed by atoms with E-state index in [1.165, 1.54) is 11.3 Å². The van der Waals surface area contributed by atoms with E-state index in [4.69, 9.17) is 0 Å². The second-order valence-electron chi connectivity index (χ2n) is 4.99. The van der Waals surface area contributed by atoms with Crippen molar-refractivity contribution >= 4 is 28.4 Å². The quantitative estimate of drug-likeness (QED) is 0.854. The van der Waals surface area contributed by atoms with Crippen LogP contribution in [-0.4, -0.2) is 66.5 Å². The molecule has 0 aliphatic carbocycles. The number of carbonyl (C=O) groups excluding carboxylic acids is 2. The molecule has 0 aromatic carbocycles. The van der Waals surface area contributed by atoms with Crippen LogP contribution in [-0.2, 0) is 11.2 Å². The van der Waals surface area contributed by atoms with Crippen LogP contribution in [0, 0.1) is 0 Å². The Morgan fingerprint density at radius 2 is 2.05 bits per heavy atom. The summed E-state index contributed by atoms with van der Waals surface area (Å²) < 4.78 is 0. The highest BCUT2D eigenvalue weighted by molar-refractivity contribution is 7.13. The first-order valence-corrected chi connectivity index (χ1v) is 7.92. The van der Waals surface area contributed by atoms with E-state index in [0.29, 0.717) is 17.4 Å². The van der Waals surface area contributed by atoms with Crippen LogP contribution in [0.3, 0.4) is 0 Å². The van der Waals surface area contributed by atoms with Gasteiger partial charge >= 0.3 is 6.03 Å². The molecule has 2 rings (SSSR count). The molecule has 0 saturated carbocycles. The molecule has 3 amide bonds. The van der Waals surface area contributed by atoms with Crippen molar-refractivity contribution in [3.63, 3.8) is 0 Å². The van der Waals surface area contributed by atoms with Crippen molar-refractivity contribution in [3.05, 3.63) is 11.1 Å². The highest BCUT2D eigenvalue weighted by atomic mass is 32.1. The van der Waals surface area contributed by atoms with Crippen molar-refractivity contribution < 1.29 is 9.59 Å². The molecule has 2 N–H and O–H groups in total. The van der Waals surface area contributed by atoms with Crippen LogP contribution in [0.15, 0.2) is 5.38 Å². The fraction of sp³-hybridized carbons (Fsp3) is 0.615. The molecule has 116 valence electrons. The molecule has 1 aromatic heterocycles. The molecule has 0 radical (unpaired) electrons. The van der Waals surface area contributed by atoms with Gasteiger partial charge < -0.3 is 15.1 Å². The number of rotatable bonds is 4. The van der Waals surface area contributed by atoms with Crippen molar-refractivity contribution in [1.82, 2.24) is 20.1 Å². The van der Waals surface area contributed by atoms with Gasteiger partial charge in [0.05, 0.1) is 12.1 Å². The Balaban J connectivity index is 1.84. The molecule has 21 heavy (non-hydrogen) atoms. The second-order valence-corrected chi connectivity index (χ2v) is 5.85. The van der Waals surface area contributed by atoms with E-state index in [1.54, 1.807) is 10.3 Å². The number of hydrogen-bond donors (Lipinski definition) is 2. The molecule has 7 nitrogen and oxygen atoms in total. The molecule has 1 aliphatic rings. The fourth-order valence-corrected chi connectivity index (χ4v) is 2.75. The minimum atomic E-state index is -0.123. The second kappa shape index (κ2) is 7.37. The van der Waals surface area contributed by atoms with Gasteiger partial charge in [-0.1, -0.05) is 0 Å². The van der Waals surface area contributed by atoms with E-state index in [2.05, 4.69) is 20.5 Å². The van der Waals surface area contributed by atoms with Crippen LogP contribution >= 0.6 is 11.3 Å². The summed E-state index contributed by atoms with van der Waals surface area (Å²) in [5.74, 6) is -0.0558. The summed E-state index contributed by atoms with van der Waals surface area (Å²) in [5.41, 5.74) is 0.680. The van der Waals surface area contributed by atoms with Crippen molar-refractivity contribution in [1.29, 1.82) is 0 Å². The number of piperazine rings is 1. The van der Waals surface area contributed by atoms with Gasteiger partial charge in [0, 0.05) is 38.1 Å². The van der Waals surface area contributed by atoms with E-state index in [0.717, 1.165) is 26.2 Å². The lowest BCUT2D eigenvalue weighted by molar-refractivity contribution is -0.120. The van der Waals surface area contributed by atoms with Crippen molar-refractivity contribution in [2.75, 3.05) is 45.1 Å². The van der Waals surface area contributed by atoms with Crippen LogP contribution in [0.25, 0.3) is 0 Å². The molecule has 8 heteroatoms. The predicted octanol–water partition coefficient (Wildman–Crippen LogP) is 0.601. The number of carbonyl (C=O) groups is 2. The molecule has 0 atom stereocenters. The zero-order valence-corrected chi connectivity index (χ0v) is 13.2. The Morgan fingerprint density at radius 3 is 2.71 bits per heavy atom. The lowest BCUT2D eigenvalue weighted by Crippen LogP contribution is -2.48. The molecular formula is C13H21N5O2S. The van der Waals surface area contributed by atoms with E-state index in [9.17, 15) is 9.59 Å². The minimum Gasteiger partial charge on any atom is -0.356 e. The van der Waals surface area contributed by atoms with Crippen molar-refractivity contribution in [2.24, 2.45) is 0 Å². The third-order valence-corrected chi connectivity index (χ3v) is 4.08. The number of urea groups is 1. The number of nitrogens with one attached hydrogen (secondary N) is 2. The summed E-state index contributed by atoms with van der Waals surface area (Å²) in [6, 6.07) is -0.123. The first-order valence-electron chi connectivity index (χ1n) is 7.04. The van der Waals surface area contributed by atoms with Gasteiger partial charge in [-0.05, 0) is 14.0 Å². The molecule has 1 fully saturated rings. The summed E-state index contributed by atoms with van der Waals surface area (Å²) in [6.45, 7) is 5.69. The zero-order valence-electron chi connectivity index (χ0n) is 12.4. The topological polar surface area (TPSA) is 77.6 Å². The number of thiazole rings is 1. The van der Waals surface area contributed by atoms with Gasteiger partial charge in [-0.2, -0.15) is 0 Å². The van der Waals surface area contributed by atoms with Crippen LogP contribution in [0.5, 0.6) is 0 Å². The minimum absolute atomic E-state index is 0.0558. The van der Waals surface area contributed by atoms with E-state index in [1.807, 2.05) is 14.0 Å². The van der Waals surface area contributed by atoms with Gasteiger partial charge in [-0.25, -0.2) is 9.78 Å². The Hall–Kier alpha value is -1.67. The van der Waals surface area contributed by atoms with Gasteiger partial charge in [0.2, 0.25) is 5.91 Å². The maximum atomic E-state index is 12.1. The fourth-order valence-electron chi connectivity index (χ4n) is 2.05. The van der Waals surface area contributed by atoms with Gasteiger partial charge in [0.15, 0.2) is 5.13 Å². The molecule has 0 unspecified atom stereocenters. The van der Waals surface area contributed by atoms with Gasteiger partial charge in [-0.15, -0.1) is 11.3 Å². The van der Waals surface area contributed by atoms with E-state index < -0.39 is 0 Å². The van der Waals surface area contributed by atoms with E-state index >= 15 is 0 Å². The van der Waals surface area contributed by atoms with Crippen LogP contribution in [0.2, 0.25) is 0 Å². The highest BCUT2D eigenvalue weighted by Crippen LogP contribution is 2.16. The summed E-state index contributed by atoms with van der Waals surface area (Å²) in [7, 11) is 2.05. The molecule has 2 heterocycles. The van der Waals surface area contributed by atoms with Crippen LogP contribution in [0.1, 0.15) is 12.6 Å². The Kier molecular flexibility index (Phi) is 5.51. The highest BCUT2D eigenvalue weighted by Gasteiger charge is 2.19. The normalized spacial score (nSPS) is 15.8. The molecule has 1 saturated heterocycles. The number of anilines is 1. The molecular weight excluding hydrogens is 290 g/mol. The smallest absolute Gasteiger partial charge is 0.323 e. The number of nitrogens with zero attached hydrogens (tertiary/aromatic N) is 3. The number of amides is 3. The van der Waals surface area contributed by atoms with Gasteiger partial charge in [0.25, 0.3) is 0 Å². The standard InChI is InChI=1S/C13H21N5O2S/c1-3-14-11(19)8-10-9-21-12(15-10)16-13(20)18-6-4-17(2)5-7-18/h9H,3-8H2,1-2H3,(H,14,19)(H,15,16,20). The lowest BCUT2D eigenvalue weighted by atomic mass is 10.3. The molecule has 0 spiro atoms. The van der Waals surface area contributed by atoms with Crippen LogP contribution in [0.4, 0.5) is 9.93 Å². The first-order chi connectivity index (χ1) is 10.1. The molecule has 1 aromatic rings. The summed E-state index contributed by atoms with van der Waals surface area (Å²) in [6.07, 6.45) is 0.245. The summed E-state index contributed by atoms with van der Waals surface area (Å²) in [5, 5.41) is 7.86. The first kappa shape index (κ1) is 15.7. The van der Waals surface area contributed by atoms with Crippen molar-refractivity contribution in [3.8, 4) is 0 Å². The third-order valence-electron chi connectivity index (χ3n) is 3.27. The van der Waals surface area contributed by atoms with E-state index in [-0.39, 0.29) is 18.4 Å². The predicted molar refractivity (Wildman–Crippen MR) is 82.6 cm³/mol. The maximum absolute atomic E-state index is 12.1. The van der Waals surface area contributed by atoms with Crippen LogP contribution < -0.4 is 10.6 Å². The monoisotopic (exact) mass is 311 g/mol. The average molecular weight is 311 g/mol. The summed E-state index contributed by atoms with van der Waals surface area (Å²) in [4.78, 5) is 31.8. The number of likely N-dealkylation sites (N-methyl/N-ethyl adjacent to an activating group) is 2. The van der Waals surface area contributed by atoms with Gasteiger partial charge in [0.1, 0.15) is 0 Å². The molecule has 1 aliphatic heterocycles. The van der Waals surface area contributed by atoms with Crippen molar-refractivity contribution in [2.45, 2.75) is 13.3 Å². The Morgan fingerprint density at radius 1 is 1.33 bits per heavy atom. The largest absolute Gasteiger partial charge is 0.356 e. The maximum Gasteiger partial charge on any atom is 0.323 e. The number of aromatic nitrogens is 1. The molecule has 0 bridgehead atoms. The Labute approximate surface area is 128 Å². The summed E-state index contributed by atoms with van der Waals surface area (Å²) >= 11 is 1.34. The number of hydrogen-bond acceptors (Lipinski definition) is 5.